The van der Waals surface area contributed by atoms with Crippen molar-refractivity contribution in [3.63, 3.8) is 0 Å². The van der Waals surface area contributed by atoms with Crippen molar-refractivity contribution in [2.24, 2.45) is 0 Å². The van der Waals surface area contributed by atoms with Gasteiger partial charge in [-0.05, 0) is 37.3 Å². The molecule has 21 heavy (non-hydrogen) atoms. The molecule has 7 heteroatoms. The minimum absolute atomic E-state index is 0.0594. The van der Waals surface area contributed by atoms with Gasteiger partial charge in [-0.1, -0.05) is 23.2 Å². The molecular weight excluding hydrogens is 333 g/mol. The van der Waals surface area contributed by atoms with E-state index in [0.717, 1.165) is 5.76 Å². The van der Waals surface area contributed by atoms with Gasteiger partial charge < -0.3 is 9.73 Å². The number of hydrogen-bond acceptors (Lipinski definition) is 4. The quantitative estimate of drug-likeness (QED) is 0.865. The summed E-state index contributed by atoms with van der Waals surface area (Å²) in [7, 11) is -3.49. The van der Waals surface area contributed by atoms with Gasteiger partial charge in [0.2, 0.25) is 0 Å². The highest BCUT2D eigenvalue weighted by atomic mass is 35.5. The highest BCUT2D eigenvalue weighted by Crippen LogP contribution is 2.25. The fraction of sp³-hybridized carbons (Fsp3) is 0.286. The highest BCUT2D eigenvalue weighted by Gasteiger charge is 2.19. The van der Waals surface area contributed by atoms with Crippen LogP contribution in [-0.2, 0) is 9.84 Å². The van der Waals surface area contributed by atoms with Crippen molar-refractivity contribution in [1.29, 1.82) is 0 Å². The first-order chi connectivity index (χ1) is 9.90. The molecule has 1 heterocycles. The first kappa shape index (κ1) is 16.4. The lowest BCUT2D eigenvalue weighted by Crippen LogP contribution is -2.25. The van der Waals surface area contributed by atoms with Crippen molar-refractivity contribution in [1.82, 2.24) is 5.32 Å². The average Bonchev–Trinajstić information content (AvgIpc) is 2.95. The van der Waals surface area contributed by atoms with Gasteiger partial charge in [0, 0.05) is 11.6 Å². The van der Waals surface area contributed by atoms with Crippen LogP contribution in [0, 0.1) is 0 Å². The second-order valence-corrected chi connectivity index (χ2v) is 7.51. The van der Waals surface area contributed by atoms with Gasteiger partial charge in [-0.15, -0.1) is 0 Å². The van der Waals surface area contributed by atoms with Crippen LogP contribution in [0.5, 0.6) is 0 Å². The number of hydrogen-bond donors (Lipinski definition) is 1. The van der Waals surface area contributed by atoms with E-state index in [1.54, 1.807) is 18.4 Å². The van der Waals surface area contributed by atoms with Crippen molar-refractivity contribution in [2.45, 2.75) is 17.9 Å². The topological polar surface area (TPSA) is 59.3 Å². The van der Waals surface area contributed by atoms with E-state index in [-0.39, 0.29) is 28.3 Å². The fourth-order valence-corrected chi connectivity index (χ4v) is 3.86. The summed E-state index contributed by atoms with van der Waals surface area (Å²) in [5, 5.41) is 3.62. The van der Waals surface area contributed by atoms with Crippen LogP contribution in [0.2, 0.25) is 10.0 Å². The minimum atomic E-state index is -3.49. The molecule has 0 amide bonds. The predicted molar refractivity (Wildman–Crippen MR) is 83.6 cm³/mol. The second kappa shape index (κ2) is 6.83. The summed E-state index contributed by atoms with van der Waals surface area (Å²) in [5.74, 6) is 0.686. The third-order valence-corrected chi connectivity index (χ3v) is 5.45. The third kappa shape index (κ3) is 4.23. The molecular formula is C14H15Cl2NO3S. The Morgan fingerprint density at radius 2 is 2.05 bits per heavy atom. The SMILES string of the molecule is C[C@@H](NCCS(=O)(=O)c1cc(Cl)ccc1Cl)c1ccco1. The molecule has 2 aromatic rings. The molecule has 0 aliphatic heterocycles. The zero-order valence-electron chi connectivity index (χ0n) is 11.3. The molecule has 1 aromatic carbocycles. The molecule has 0 saturated carbocycles. The van der Waals surface area contributed by atoms with Gasteiger partial charge in [-0.25, -0.2) is 8.42 Å². The molecule has 4 nitrogen and oxygen atoms in total. The molecule has 0 radical (unpaired) electrons. The molecule has 0 aliphatic rings. The van der Waals surface area contributed by atoms with Gasteiger partial charge in [0.25, 0.3) is 0 Å². The van der Waals surface area contributed by atoms with Crippen LogP contribution >= 0.6 is 23.2 Å². The Balaban J connectivity index is 2.00. The Kier molecular flexibility index (Phi) is 5.32. The molecule has 2 rings (SSSR count). The van der Waals surface area contributed by atoms with E-state index in [0.29, 0.717) is 5.02 Å². The lowest BCUT2D eigenvalue weighted by atomic mass is 10.2. The Labute approximate surface area is 134 Å². The van der Waals surface area contributed by atoms with Gasteiger partial charge in [-0.3, -0.25) is 0 Å². The van der Waals surface area contributed by atoms with E-state index >= 15 is 0 Å². The van der Waals surface area contributed by atoms with E-state index in [9.17, 15) is 8.42 Å². The number of furan rings is 1. The van der Waals surface area contributed by atoms with Crippen LogP contribution in [0.1, 0.15) is 18.7 Å². The Morgan fingerprint density at radius 3 is 2.71 bits per heavy atom. The van der Waals surface area contributed by atoms with E-state index in [1.165, 1.54) is 12.1 Å². The summed E-state index contributed by atoms with van der Waals surface area (Å²) in [6.07, 6.45) is 1.58. The second-order valence-electron chi connectivity index (χ2n) is 4.58. The lowest BCUT2D eigenvalue weighted by Gasteiger charge is -2.12. The van der Waals surface area contributed by atoms with Crippen LogP contribution in [0.25, 0.3) is 0 Å². The standard InChI is InChI=1S/C14H15Cl2NO3S/c1-10(13-3-2-7-20-13)17-6-8-21(18,19)14-9-11(15)4-5-12(14)16/h2-5,7,9-10,17H,6,8H2,1H3/t10-/m1/s1. The maximum atomic E-state index is 12.3. The summed E-state index contributed by atoms with van der Waals surface area (Å²) in [6.45, 7) is 2.19. The number of nitrogens with one attached hydrogen (secondary N) is 1. The van der Waals surface area contributed by atoms with Crippen molar-refractivity contribution in [3.8, 4) is 0 Å². The molecule has 0 saturated heterocycles. The third-order valence-electron chi connectivity index (χ3n) is 3.02. The monoisotopic (exact) mass is 347 g/mol. The maximum Gasteiger partial charge on any atom is 0.181 e. The Hall–Kier alpha value is -1.01. The minimum Gasteiger partial charge on any atom is -0.468 e. The molecule has 1 aromatic heterocycles. The summed E-state index contributed by atoms with van der Waals surface area (Å²) in [5.41, 5.74) is 0. The van der Waals surface area contributed by atoms with Crippen molar-refractivity contribution >= 4 is 33.0 Å². The van der Waals surface area contributed by atoms with Gasteiger partial charge >= 0.3 is 0 Å². The van der Waals surface area contributed by atoms with E-state index in [1.807, 2.05) is 13.0 Å². The summed E-state index contributed by atoms with van der Waals surface area (Å²) in [6, 6.07) is 7.96. The highest BCUT2D eigenvalue weighted by molar-refractivity contribution is 7.91. The van der Waals surface area contributed by atoms with E-state index < -0.39 is 9.84 Å². The number of sulfone groups is 1. The Morgan fingerprint density at radius 1 is 1.29 bits per heavy atom. The van der Waals surface area contributed by atoms with Gasteiger partial charge in [0.05, 0.1) is 28.0 Å². The van der Waals surface area contributed by atoms with Gasteiger partial charge in [-0.2, -0.15) is 0 Å². The summed E-state index contributed by atoms with van der Waals surface area (Å²) in [4.78, 5) is 0.0594. The lowest BCUT2D eigenvalue weighted by molar-refractivity contribution is 0.437. The number of halogens is 2. The van der Waals surface area contributed by atoms with Crippen LogP contribution in [0.4, 0.5) is 0 Å². The van der Waals surface area contributed by atoms with Gasteiger partial charge in [0.15, 0.2) is 9.84 Å². The molecule has 114 valence electrons. The first-order valence-corrected chi connectivity index (χ1v) is 8.75. The van der Waals surface area contributed by atoms with Crippen molar-refractivity contribution in [3.05, 3.63) is 52.4 Å². The fourth-order valence-electron chi connectivity index (χ4n) is 1.87. The normalized spacial score (nSPS) is 13.3. The zero-order chi connectivity index (χ0) is 15.5. The van der Waals surface area contributed by atoms with E-state index in [4.69, 9.17) is 27.6 Å². The molecule has 0 aliphatic carbocycles. The molecule has 0 fully saturated rings. The number of benzene rings is 1. The van der Waals surface area contributed by atoms with Crippen LogP contribution in [0.15, 0.2) is 45.9 Å². The average molecular weight is 348 g/mol. The predicted octanol–water partition coefficient (Wildman–Crippen LogP) is 3.71. The largest absolute Gasteiger partial charge is 0.468 e. The molecule has 0 spiro atoms. The summed E-state index contributed by atoms with van der Waals surface area (Å²) >= 11 is 11.8. The maximum absolute atomic E-state index is 12.3. The molecule has 1 atom stereocenters. The van der Waals surface area contributed by atoms with Crippen molar-refractivity contribution in [2.75, 3.05) is 12.3 Å². The van der Waals surface area contributed by atoms with Gasteiger partial charge in [0.1, 0.15) is 5.76 Å². The van der Waals surface area contributed by atoms with Crippen molar-refractivity contribution < 1.29 is 12.8 Å². The van der Waals surface area contributed by atoms with E-state index in [2.05, 4.69) is 5.32 Å². The molecule has 0 unspecified atom stereocenters. The van der Waals surface area contributed by atoms with Crippen LogP contribution in [0.3, 0.4) is 0 Å². The summed E-state index contributed by atoms with van der Waals surface area (Å²) < 4.78 is 29.8. The van der Waals surface area contributed by atoms with Crippen LogP contribution < -0.4 is 5.32 Å². The molecule has 0 bridgehead atoms. The Bertz CT molecular complexity index is 699. The number of rotatable bonds is 6. The smallest absolute Gasteiger partial charge is 0.181 e. The first-order valence-electron chi connectivity index (χ1n) is 6.35. The molecule has 1 N–H and O–H groups in total. The van der Waals surface area contributed by atoms with Crippen LogP contribution in [-0.4, -0.2) is 20.7 Å². The zero-order valence-corrected chi connectivity index (χ0v) is 13.7.